The van der Waals surface area contributed by atoms with E-state index in [-0.39, 0.29) is 114 Å². The van der Waals surface area contributed by atoms with Gasteiger partial charge < -0.3 is 114 Å². The van der Waals surface area contributed by atoms with Crippen LogP contribution in [0.4, 0.5) is 0 Å². The summed E-state index contributed by atoms with van der Waals surface area (Å²) >= 11 is 0. The van der Waals surface area contributed by atoms with Gasteiger partial charge in [-0.25, -0.2) is 0 Å². The Morgan fingerprint density at radius 3 is 0.549 bits per heavy atom. The third-order valence-electron chi connectivity index (χ3n) is 19.6. The van der Waals surface area contributed by atoms with Crippen LogP contribution in [-0.4, -0.2) is 290 Å². The van der Waals surface area contributed by atoms with Gasteiger partial charge in [-0.05, 0) is 173 Å². The van der Waals surface area contributed by atoms with Crippen molar-refractivity contribution >= 4 is 86.2 Å². The first kappa shape index (κ1) is 93.3. The normalized spacial score (nSPS) is 11.9. The third kappa shape index (κ3) is 27.8. The average Bonchev–Trinajstić information content (AvgIpc) is 1.61. The molecule has 0 saturated heterocycles. The topological polar surface area (TPSA) is 300 Å². The van der Waals surface area contributed by atoms with Crippen molar-refractivity contribution in [2.75, 3.05) is 281 Å². The Bertz CT molecular complexity index is 4700. The number of hydrogen-bond acceptors (Lipinski definition) is 28. The number of nitrogens with zero attached hydrogens (tertiary/aromatic N) is 2. The lowest BCUT2D eigenvalue weighted by atomic mass is 9.97. The molecule has 0 aliphatic heterocycles. The van der Waals surface area contributed by atoms with E-state index < -0.39 is 22.2 Å². The summed E-state index contributed by atoms with van der Waals surface area (Å²) in [5.74, 6) is 1.80. The van der Waals surface area contributed by atoms with Crippen molar-refractivity contribution in [2.24, 2.45) is 0 Å². The monoisotopic (exact) mass is 1690 g/mol. The SMILES string of the molecule is COCCOCCOCCOc1cc(Cn2c(=O)c3cc4cc5cc6ccc7cc8cc9cc%10c(=O)n(Cc%11cc(OCCOCCOCCOC)c(OCCOCCOCCOC)c(OCCOCCOCCOC)c%11)c(=O)c%10cc9cc8cc7ccc6cc5cc4cc3c2=O)cc(OCCOCCOCCOC)c1OCCOCCOCCOC. The Hall–Kier alpha value is -9.36. The predicted octanol–water partition coefficient (Wildman–Crippen LogP) is 9.84. The molecule has 0 unspecified atom stereocenters. The van der Waals surface area contributed by atoms with E-state index in [1.54, 1.807) is 91.2 Å². The Balaban J connectivity index is 0.848. The Morgan fingerprint density at radius 2 is 0.352 bits per heavy atom. The zero-order chi connectivity index (χ0) is 85.3. The zero-order valence-electron chi connectivity index (χ0n) is 70.7. The van der Waals surface area contributed by atoms with Gasteiger partial charge >= 0.3 is 0 Å². The maximum Gasteiger partial charge on any atom is 0.261 e. The highest BCUT2D eigenvalue weighted by Crippen LogP contribution is 2.42. The van der Waals surface area contributed by atoms with E-state index in [1.807, 2.05) is 0 Å². The first-order valence-electron chi connectivity index (χ1n) is 41.2. The van der Waals surface area contributed by atoms with Crippen molar-refractivity contribution in [3.05, 3.63) is 174 Å². The predicted molar refractivity (Wildman–Crippen MR) is 464 cm³/mol. The maximum atomic E-state index is 14.7. The quantitative estimate of drug-likeness (QED) is 0.0253. The van der Waals surface area contributed by atoms with Gasteiger partial charge in [0.25, 0.3) is 22.2 Å². The molecule has 0 atom stereocenters. The van der Waals surface area contributed by atoms with E-state index in [0.717, 1.165) is 64.6 Å². The van der Waals surface area contributed by atoms with E-state index in [1.165, 1.54) is 9.13 Å². The van der Waals surface area contributed by atoms with Crippen molar-refractivity contribution in [1.29, 1.82) is 0 Å². The van der Waals surface area contributed by atoms with Crippen LogP contribution in [0.25, 0.3) is 86.2 Å². The number of aromatic nitrogens is 2. The van der Waals surface area contributed by atoms with Crippen molar-refractivity contribution in [2.45, 2.75) is 13.1 Å². The van der Waals surface area contributed by atoms with Gasteiger partial charge in [-0.2, -0.15) is 0 Å². The van der Waals surface area contributed by atoms with Crippen LogP contribution < -0.4 is 50.7 Å². The molecule has 0 N–H and O–H groups in total. The lowest BCUT2D eigenvalue weighted by Gasteiger charge is -2.19. The smallest absolute Gasteiger partial charge is 0.261 e. The zero-order valence-corrected chi connectivity index (χ0v) is 70.7. The summed E-state index contributed by atoms with van der Waals surface area (Å²) < 4.78 is 139. The molecular weight excluding hydrogens is 1580 g/mol. The van der Waals surface area contributed by atoms with Crippen LogP contribution in [0.2, 0.25) is 0 Å². The van der Waals surface area contributed by atoms with Crippen molar-refractivity contribution in [3.63, 3.8) is 0 Å². The molecule has 30 heteroatoms. The van der Waals surface area contributed by atoms with Gasteiger partial charge in [0, 0.05) is 42.7 Å². The van der Waals surface area contributed by atoms with E-state index in [0.29, 0.717) is 204 Å². The highest BCUT2D eigenvalue weighted by molar-refractivity contribution is 6.10. The minimum Gasteiger partial charge on any atom is -0.487 e. The molecule has 11 rings (SSSR count). The molecule has 0 radical (unpaired) electrons. The Labute approximate surface area is 707 Å². The highest BCUT2D eigenvalue weighted by Gasteiger charge is 2.24. The molecule has 660 valence electrons. The standard InChI is InChI=1S/C92H114N2O28/c1-99-11-17-105-23-29-111-35-41-117-83-47-65(48-84(118-42-36-112-30-24-106-18-12-100-2)87(83)121-45-39-115-33-27-109-21-15-103-5)63-93-89(95)79-59-75-55-71-51-67-7-9-69-53-73-57-77-61-81-82(62-78(77)58-74(73)54-70(69)10-8-68(67)52-72(71)56-76(75)60-80(79)90(93)96)92(98)94(91(81)97)64-66-49-85(119-43-37-113-31-25-107-19-13-101-3)88(122-46-40-116-34-28-110-22-16-104-6)86(50-66)120-44-38-114-32-26-108-20-14-102-4/h7-10,47-62H,11-46,63-64H2,1-6H3. The average molecular weight is 1700 g/mol. The summed E-state index contributed by atoms with van der Waals surface area (Å²) in [5.41, 5.74) is -0.710. The Morgan fingerprint density at radius 1 is 0.189 bits per heavy atom. The van der Waals surface area contributed by atoms with Crippen LogP contribution in [0.3, 0.4) is 0 Å². The summed E-state index contributed by atoms with van der Waals surface area (Å²) in [5, 5.41) is 11.9. The number of ether oxygens (including phenoxy) is 24. The van der Waals surface area contributed by atoms with E-state index >= 15 is 0 Å². The lowest BCUT2D eigenvalue weighted by molar-refractivity contribution is 0.0146. The van der Waals surface area contributed by atoms with E-state index in [4.69, 9.17) is 114 Å². The molecule has 11 aromatic rings. The first-order valence-corrected chi connectivity index (χ1v) is 41.2. The van der Waals surface area contributed by atoms with Gasteiger partial charge in [0.2, 0.25) is 11.5 Å². The molecule has 0 fully saturated rings. The number of fused-ring (bicyclic) bond motifs is 8. The second-order valence-corrected chi connectivity index (χ2v) is 28.1. The van der Waals surface area contributed by atoms with E-state index in [9.17, 15) is 19.2 Å². The molecule has 0 amide bonds. The third-order valence-corrected chi connectivity index (χ3v) is 19.6. The minimum atomic E-state index is -0.448. The second kappa shape index (κ2) is 51.7. The molecule has 2 aromatic heterocycles. The van der Waals surface area contributed by atoms with Crippen LogP contribution in [0.15, 0.2) is 141 Å². The lowest BCUT2D eigenvalue weighted by Crippen LogP contribution is -2.26. The minimum absolute atomic E-state index is 0.116. The first-order chi connectivity index (χ1) is 60.0. The maximum absolute atomic E-state index is 14.7. The molecule has 30 nitrogen and oxygen atoms in total. The molecule has 9 aromatic carbocycles. The molecule has 0 bridgehead atoms. The summed E-state index contributed by atoms with van der Waals surface area (Å²) in [6.07, 6.45) is 0. The summed E-state index contributed by atoms with van der Waals surface area (Å²) in [7, 11) is 9.67. The van der Waals surface area contributed by atoms with Crippen LogP contribution >= 0.6 is 0 Å². The van der Waals surface area contributed by atoms with Gasteiger partial charge in [-0.3, -0.25) is 28.3 Å². The van der Waals surface area contributed by atoms with Gasteiger partial charge in [0.05, 0.1) is 233 Å². The van der Waals surface area contributed by atoms with Gasteiger partial charge in [0.15, 0.2) is 23.0 Å². The van der Waals surface area contributed by atoms with Crippen LogP contribution in [-0.2, 0) is 98.4 Å². The largest absolute Gasteiger partial charge is 0.487 e. The van der Waals surface area contributed by atoms with Crippen molar-refractivity contribution < 1.29 is 114 Å². The van der Waals surface area contributed by atoms with Crippen LogP contribution in [0.5, 0.6) is 34.5 Å². The summed E-state index contributed by atoms with van der Waals surface area (Å²) in [6.45, 7) is 11.5. The van der Waals surface area contributed by atoms with Crippen molar-refractivity contribution in [3.8, 4) is 34.5 Å². The second-order valence-electron chi connectivity index (χ2n) is 28.1. The summed E-state index contributed by atoms with van der Waals surface area (Å²) in [4.78, 5) is 58.7. The molecule has 0 spiro atoms. The molecule has 0 aliphatic rings. The molecule has 0 saturated carbocycles. The van der Waals surface area contributed by atoms with Gasteiger partial charge in [-0.15, -0.1) is 0 Å². The number of rotatable bonds is 64. The fraction of sp³-hybridized carbons (Fsp3) is 0.478. The fourth-order valence-corrected chi connectivity index (χ4v) is 13.5. The Kier molecular flexibility index (Phi) is 39.5. The van der Waals surface area contributed by atoms with Gasteiger partial charge in [-0.1, -0.05) is 24.3 Å². The molecule has 0 aliphatic carbocycles. The highest BCUT2D eigenvalue weighted by atomic mass is 16.6. The molecule has 122 heavy (non-hydrogen) atoms. The molecular formula is C92H114N2O28. The van der Waals surface area contributed by atoms with Crippen LogP contribution in [0.1, 0.15) is 11.1 Å². The van der Waals surface area contributed by atoms with Crippen molar-refractivity contribution in [1.82, 2.24) is 9.13 Å². The number of methoxy groups -OCH3 is 6. The van der Waals surface area contributed by atoms with E-state index in [2.05, 4.69) is 72.8 Å². The van der Waals surface area contributed by atoms with Gasteiger partial charge in [0.1, 0.15) is 39.6 Å². The number of hydrogen-bond donors (Lipinski definition) is 0. The summed E-state index contributed by atoms with van der Waals surface area (Å²) in [6, 6.07) is 39.3. The fourth-order valence-electron chi connectivity index (χ4n) is 13.5. The molecule has 2 heterocycles. The van der Waals surface area contributed by atoms with Crippen LogP contribution in [0, 0.1) is 0 Å². The number of benzene rings is 8.